The zero-order valence-corrected chi connectivity index (χ0v) is 15.2. The number of hydrogen-bond acceptors (Lipinski definition) is 4. The maximum Gasteiger partial charge on any atom is 0.338 e. The fraction of sp³-hybridized carbons (Fsp3) is 0.526. The fourth-order valence-electron chi connectivity index (χ4n) is 2.87. The standard InChI is InChI=1S/C19H26N2O4/c1-4-25-19(24)16-5-7-17(8-6-16)21(15(3)22)13-18(23)20-11-9-14(2)10-12-20/h5-8,14H,4,9-13H2,1-3H3. The number of anilines is 1. The van der Waals surface area contributed by atoms with E-state index in [2.05, 4.69) is 6.92 Å². The van der Waals surface area contributed by atoms with Gasteiger partial charge in [0.05, 0.1) is 12.2 Å². The van der Waals surface area contributed by atoms with Crippen LogP contribution in [0.15, 0.2) is 24.3 Å². The van der Waals surface area contributed by atoms with Crippen molar-refractivity contribution in [1.82, 2.24) is 4.90 Å². The summed E-state index contributed by atoms with van der Waals surface area (Å²) < 4.78 is 4.95. The summed E-state index contributed by atoms with van der Waals surface area (Å²) >= 11 is 0. The predicted octanol–water partition coefficient (Wildman–Crippen LogP) is 2.47. The maximum absolute atomic E-state index is 12.5. The SMILES string of the molecule is CCOC(=O)c1ccc(N(CC(=O)N2CCC(C)CC2)C(C)=O)cc1. The molecule has 1 aliphatic rings. The van der Waals surface area contributed by atoms with Crippen LogP contribution in [0.5, 0.6) is 0 Å². The summed E-state index contributed by atoms with van der Waals surface area (Å²) in [6, 6.07) is 6.55. The molecule has 0 unspecified atom stereocenters. The highest BCUT2D eigenvalue weighted by molar-refractivity contribution is 5.98. The minimum absolute atomic E-state index is 0.0163. The van der Waals surface area contributed by atoms with Gasteiger partial charge in [0.25, 0.3) is 0 Å². The third-order valence-corrected chi connectivity index (χ3v) is 4.50. The molecule has 0 saturated carbocycles. The molecule has 6 nitrogen and oxygen atoms in total. The molecule has 0 N–H and O–H groups in total. The number of amides is 2. The summed E-state index contributed by atoms with van der Waals surface area (Å²) in [7, 11) is 0. The lowest BCUT2D eigenvalue weighted by atomic mass is 9.99. The first-order valence-corrected chi connectivity index (χ1v) is 8.75. The van der Waals surface area contributed by atoms with Crippen LogP contribution in [0.2, 0.25) is 0 Å². The van der Waals surface area contributed by atoms with Crippen LogP contribution in [-0.2, 0) is 14.3 Å². The minimum atomic E-state index is -0.401. The van der Waals surface area contributed by atoms with E-state index >= 15 is 0 Å². The van der Waals surface area contributed by atoms with Gasteiger partial charge >= 0.3 is 5.97 Å². The molecular weight excluding hydrogens is 320 g/mol. The van der Waals surface area contributed by atoms with Crippen LogP contribution < -0.4 is 4.90 Å². The summed E-state index contributed by atoms with van der Waals surface area (Å²) in [5.41, 5.74) is 1.02. The van der Waals surface area contributed by atoms with Crippen molar-refractivity contribution in [3.05, 3.63) is 29.8 Å². The summed E-state index contributed by atoms with van der Waals surface area (Å²) in [5, 5.41) is 0. The minimum Gasteiger partial charge on any atom is -0.462 e. The molecule has 0 bridgehead atoms. The van der Waals surface area contributed by atoms with Gasteiger partial charge in [-0.2, -0.15) is 0 Å². The molecule has 0 atom stereocenters. The second-order valence-corrected chi connectivity index (χ2v) is 6.44. The Labute approximate surface area is 148 Å². The number of benzene rings is 1. The third-order valence-electron chi connectivity index (χ3n) is 4.50. The van der Waals surface area contributed by atoms with E-state index in [0.29, 0.717) is 23.8 Å². The van der Waals surface area contributed by atoms with Crippen LogP contribution in [0.4, 0.5) is 5.69 Å². The molecule has 0 aliphatic carbocycles. The molecule has 136 valence electrons. The Kier molecular flexibility index (Phi) is 6.56. The first-order valence-electron chi connectivity index (χ1n) is 8.75. The summed E-state index contributed by atoms with van der Waals surface area (Å²) in [5.74, 6) is -0.00972. The van der Waals surface area contributed by atoms with E-state index in [4.69, 9.17) is 4.74 Å². The van der Waals surface area contributed by atoms with Crippen molar-refractivity contribution in [3.63, 3.8) is 0 Å². The summed E-state index contributed by atoms with van der Waals surface area (Å²) in [6.45, 7) is 7.18. The number of ether oxygens (including phenoxy) is 1. The third kappa shape index (κ3) is 5.05. The van der Waals surface area contributed by atoms with Crippen molar-refractivity contribution in [1.29, 1.82) is 0 Å². The van der Waals surface area contributed by atoms with Gasteiger partial charge in [0, 0.05) is 25.7 Å². The molecule has 25 heavy (non-hydrogen) atoms. The Balaban J connectivity index is 2.06. The Bertz CT molecular complexity index is 619. The lowest BCUT2D eigenvalue weighted by molar-refractivity contribution is -0.132. The Morgan fingerprint density at radius 1 is 1.16 bits per heavy atom. The van der Waals surface area contributed by atoms with E-state index in [9.17, 15) is 14.4 Å². The predicted molar refractivity (Wildman–Crippen MR) is 95.4 cm³/mol. The zero-order chi connectivity index (χ0) is 18.4. The van der Waals surface area contributed by atoms with Gasteiger partial charge in [-0.05, 0) is 49.9 Å². The van der Waals surface area contributed by atoms with E-state index in [1.807, 2.05) is 4.90 Å². The van der Waals surface area contributed by atoms with Gasteiger partial charge in [-0.3, -0.25) is 9.59 Å². The van der Waals surface area contributed by atoms with Crippen LogP contribution in [0.25, 0.3) is 0 Å². The van der Waals surface area contributed by atoms with Crippen LogP contribution in [0.3, 0.4) is 0 Å². The highest BCUT2D eigenvalue weighted by atomic mass is 16.5. The van der Waals surface area contributed by atoms with Gasteiger partial charge in [0.15, 0.2) is 0 Å². The van der Waals surface area contributed by atoms with E-state index in [1.54, 1.807) is 31.2 Å². The number of carbonyl (C=O) groups excluding carboxylic acids is 3. The quantitative estimate of drug-likeness (QED) is 0.768. The molecule has 1 aliphatic heterocycles. The van der Waals surface area contributed by atoms with Crippen LogP contribution in [-0.4, -0.2) is 48.9 Å². The first kappa shape index (κ1) is 19.0. The van der Waals surface area contributed by atoms with Crippen molar-refractivity contribution in [2.24, 2.45) is 5.92 Å². The Hall–Kier alpha value is -2.37. The van der Waals surface area contributed by atoms with Gasteiger partial charge in [-0.15, -0.1) is 0 Å². The highest BCUT2D eigenvalue weighted by Gasteiger charge is 2.24. The molecule has 1 heterocycles. The van der Waals surface area contributed by atoms with Crippen molar-refractivity contribution in [2.75, 3.05) is 31.1 Å². The molecule has 0 spiro atoms. The number of piperidine rings is 1. The van der Waals surface area contributed by atoms with Crippen molar-refractivity contribution in [3.8, 4) is 0 Å². The van der Waals surface area contributed by atoms with Crippen LogP contribution in [0, 0.1) is 5.92 Å². The largest absolute Gasteiger partial charge is 0.462 e. The number of esters is 1. The second-order valence-electron chi connectivity index (χ2n) is 6.44. The van der Waals surface area contributed by atoms with Gasteiger partial charge in [-0.25, -0.2) is 4.79 Å². The monoisotopic (exact) mass is 346 g/mol. The number of carbonyl (C=O) groups is 3. The van der Waals surface area contributed by atoms with Gasteiger partial charge < -0.3 is 14.5 Å². The molecule has 0 radical (unpaired) electrons. The molecule has 0 aromatic heterocycles. The first-order chi connectivity index (χ1) is 11.9. The highest BCUT2D eigenvalue weighted by Crippen LogP contribution is 2.19. The van der Waals surface area contributed by atoms with Crippen molar-refractivity contribution >= 4 is 23.5 Å². The van der Waals surface area contributed by atoms with Crippen molar-refractivity contribution < 1.29 is 19.1 Å². The average Bonchev–Trinajstić information content (AvgIpc) is 2.60. The van der Waals surface area contributed by atoms with E-state index in [-0.39, 0.29) is 18.4 Å². The van der Waals surface area contributed by atoms with Crippen molar-refractivity contribution in [2.45, 2.75) is 33.6 Å². The second kappa shape index (κ2) is 8.65. The van der Waals surface area contributed by atoms with E-state index < -0.39 is 5.97 Å². The summed E-state index contributed by atoms with van der Waals surface area (Å²) in [4.78, 5) is 39.5. The summed E-state index contributed by atoms with van der Waals surface area (Å²) in [6.07, 6.45) is 2.00. The smallest absolute Gasteiger partial charge is 0.338 e. The topological polar surface area (TPSA) is 66.9 Å². The molecule has 1 aromatic carbocycles. The van der Waals surface area contributed by atoms with Gasteiger partial charge in [0.2, 0.25) is 11.8 Å². The van der Waals surface area contributed by atoms with E-state index in [0.717, 1.165) is 25.9 Å². The van der Waals surface area contributed by atoms with Crippen LogP contribution in [0.1, 0.15) is 44.0 Å². The number of rotatable bonds is 5. The Morgan fingerprint density at radius 3 is 2.28 bits per heavy atom. The fourth-order valence-corrected chi connectivity index (χ4v) is 2.87. The molecular formula is C19H26N2O4. The molecule has 2 amide bonds. The molecule has 1 saturated heterocycles. The normalized spacial score (nSPS) is 14.9. The number of nitrogens with zero attached hydrogens (tertiary/aromatic N) is 2. The molecule has 6 heteroatoms. The molecule has 1 fully saturated rings. The van der Waals surface area contributed by atoms with E-state index in [1.165, 1.54) is 11.8 Å². The zero-order valence-electron chi connectivity index (χ0n) is 15.2. The number of likely N-dealkylation sites (tertiary alicyclic amines) is 1. The Morgan fingerprint density at radius 2 is 1.76 bits per heavy atom. The molecule has 1 aromatic rings. The lowest BCUT2D eigenvalue weighted by Crippen LogP contribution is -2.45. The number of hydrogen-bond donors (Lipinski definition) is 0. The molecule has 2 rings (SSSR count). The lowest BCUT2D eigenvalue weighted by Gasteiger charge is -2.32. The average molecular weight is 346 g/mol. The van der Waals surface area contributed by atoms with Crippen LogP contribution >= 0.6 is 0 Å². The maximum atomic E-state index is 12.5. The van der Waals surface area contributed by atoms with Gasteiger partial charge in [0.1, 0.15) is 6.54 Å². The van der Waals surface area contributed by atoms with Gasteiger partial charge in [-0.1, -0.05) is 6.92 Å².